The molecule has 164 valence electrons. The van der Waals surface area contributed by atoms with E-state index in [0.29, 0.717) is 16.9 Å². The van der Waals surface area contributed by atoms with Gasteiger partial charge in [-0.25, -0.2) is 4.79 Å². The van der Waals surface area contributed by atoms with Crippen molar-refractivity contribution in [3.05, 3.63) is 71.4 Å². The van der Waals surface area contributed by atoms with Crippen LogP contribution in [0.5, 0.6) is 5.75 Å². The second-order valence-corrected chi connectivity index (χ2v) is 7.65. The quantitative estimate of drug-likeness (QED) is 0.535. The van der Waals surface area contributed by atoms with Crippen LogP contribution in [0.25, 0.3) is 6.08 Å². The zero-order chi connectivity index (χ0) is 23.0. The lowest BCUT2D eigenvalue weighted by atomic mass is 10.0. The summed E-state index contributed by atoms with van der Waals surface area (Å²) < 4.78 is 5.61. The fourth-order valence-corrected chi connectivity index (χ4v) is 2.76. The molecule has 2 aromatic rings. The average Bonchev–Trinajstić information content (AvgIpc) is 2.72. The summed E-state index contributed by atoms with van der Waals surface area (Å²) in [6.07, 6.45) is 1.52. The lowest BCUT2D eigenvalue weighted by molar-refractivity contribution is -0.142. The van der Waals surface area contributed by atoms with E-state index in [-0.39, 0.29) is 17.7 Å². The molecule has 0 aliphatic carbocycles. The van der Waals surface area contributed by atoms with E-state index in [9.17, 15) is 19.5 Å². The van der Waals surface area contributed by atoms with E-state index < -0.39 is 23.8 Å². The standard InChI is InChI=1S/C24H28N2O5/c1-15(2)21(24(29)30)26-23(28)20(25-22(27)18-8-6-5-7-9-18)14-17-10-12-19(13-11-17)31-16(3)4/h5-16,21H,1-4H3,(H,25,27)(H,26,28)(H,29,30)/b20-14-/t21-/m1/s1. The molecule has 0 saturated heterocycles. The number of hydrogen-bond donors (Lipinski definition) is 3. The van der Waals surface area contributed by atoms with E-state index in [1.807, 2.05) is 13.8 Å². The number of nitrogens with one attached hydrogen (secondary N) is 2. The largest absolute Gasteiger partial charge is 0.491 e. The molecule has 2 rings (SSSR count). The number of carbonyl (C=O) groups excluding carboxylic acids is 2. The van der Waals surface area contributed by atoms with E-state index in [1.165, 1.54) is 6.08 Å². The maximum atomic E-state index is 12.9. The third kappa shape index (κ3) is 7.29. The van der Waals surface area contributed by atoms with Gasteiger partial charge in [0.2, 0.25) is 0 Å². The molecule has 0 aromatic heterocycles. The topological polar surface area (TPSA) is 105 Å². The van der Waals surface area contributed by atoms with Crippen molar-refractivity contribution in [2.45, 2.75) is 39.8 Å². The third-order valence-electron chi connectivity index (χ3n) is 4.31. The molecule has 0 unspecified atom stereocenters. The summed E-state index contributed by atoms with van der Waals surface area (Å²) >= 11 is 0. The van der Waals surface area contributed by atoms with Crippen LogP contribution in [0.15, 0.2) is 60.3 Å². The first-order valence-corrected chi connectivity index (χ1v) is 10.1. The summed E-state index contributed by atoms with van der Waals surface area (Å²) in [5, 5.41) is 14.5. The van der Waals surface area contributed by atoms with Gasteiger partial charge >= 0.3 is 5.97 Å². The molecule has 3 N–H and O–H groups in total. The number of benzene rings is 2. The molecule has 31 heavy (non-hydrogen) atoms. The molecule has 0 aliphatic heterocycles. The smallest absolute Gasteiger partial charge is 0.326 e. The predicted molar refractivity (Wildman–Crippen MR) is 118 cm³/mol. The van der Waals surface area contributed by atoms with Crippen molar-refractivity contribution in [1.29, 1.82) is 0 Å². The van der Waals surface area contributed by atoms with Crippen molar-refractivity contribution in [3.8, 4) is 5.75 Å². The Morgan fingerprint density at radius 2 is 1.55 bits per heavy atom. The van der Waals surface area contributed by atoms with Gasteiger partial charge in [-0.2, -0.15) is 0 Å². The summed E-state index contributed by atoms with van der Waals surface area (Å²) in [6, 6.07) is 14.4. The van der Waals surface area contributed by atoms with Gasteiger partial charge in [-0.05, 0) is 55.7 Å². The molecule has 0 spiro atoms. The van der Waals surface area contributed by atoms with Crippen LogP contribution < -0.4 is 15.4 Å². The molecule has 0 bridgehead atoms. The molecule has 0 saturated carbocycles. The minimum absolute atomic E-state index is 0.0249. The Morgan fingerprint density at radius 3 is 2.06 bits per heavy atom. The highest BCUT2D eigenvalue weighted by atomic mass is 16.5. The summed E-state index contributed by atoms with van der Waals surface area (Å²) in [6.45, 7) is 7.23. The lowest BCUT2D eigenvalue weighted by Gasteiger charge is -2.19. The van der Waals surface area contributed by atoms with E-state index in [1.54, 1.807) is 68.4 Å². The highest BCUT2D eigenvalue weighted by molar-refractivity contribution is 6.06. The van der Waals surface area contributed by atoms with Crippen LogP contribution in [0.3, 0.4) is 0 Å². The van der Waals surface area contributed by atoms with Gasteiger partial charge in [0.25, 0.3) is 11.8 Å². The summed E-state index contributed by atoms with van der Waals surface area (Å²) in [7, 11) is 0. The van der Waals surface area contributed by atoms with Crippen molar-refractivity contribution in [1.82, 2.24) is 10.6 Å². The van der Waals surface area contributed by atoms with Crippen molar-refractivity contribution < 1.29 is 24.2 Å². The zero-order valence-corrected chi connectivity index (χ0v) is 18.1. The van der Waals surface area contributed by atoms with Gasteiger partial charge in [-0.1, -0.05) is 44.2 Å². The van der Waals surface area contributed by atoms with Gasteiger partial charge in [0, 0.05) is 5.56 Å². The molecule has 1 atom stereocenters. The summed E-state index contributed by atoms with van der Waals surface area (Å²) in [5.41, 5.74) is 0.963. The van der Waals surface area contributed by atoms with Crippen LogP contribution in [0.4, 0.5) is 0 Å². The molecule has 2 aromatic carbocycles. The van der Waals surface area contributed by atoms with Crippen molar-refractivity contribution >= 4 is 23.9 Å². The van der Waals surface area contributed by atoms with E-state index in [4.69, 9.17) is 4.74 Å². The van der Waals surface area contributed by atoms with E-state index in [0.717, 1.165) is 0 Å². The molecule has 0 radical (unpaired) electrons. The van der Waals surface area contributed by atoms with Gasteiger partial charge in [-0.3, -0.25) is 9.59 Å². The van der Waals surface area contributed by atoms with Crippen molar-refractivity contribution in [3.63, 3.8) is 0 Å². The fraction of sp³-hybridized carbons (Fsp3) is 0.292. The highest BCUT2D eigenvalue weighted by Crippen LogP contribution is 2.16. The molecule has 7 nitrogen and oxygen atoms in total. The molecule has 2 amide bonds. The van der Waals surface area contributed by atoms with E-state index >= 15 is 0 Å². The molecule has 0 aliphatic rings. The minimum atomic E-state index is -1.15. The Bertz CT molecular complexity index is 934. The number of carboxylic acids is 1. The van der Waals surface area contributed by atoms with Crippen LogP contribution in [0.2, 0.25) is 0 Å². The first-order valence-electron chi connectivity index (χ1n) is 10.1. The average molecular weight is 424 g/mol. The monoisotopic (exact) mass is 424 g/mol. The Kier molecular flexibility index (Phi) is 8.37. The van der Waals surface area contributed by atoms with Gasteiger partial charge in [0.05, 0.1) is 6.10 Å². The van der Waals surface area contributed by atoms with E-state index in [2.05, 4.69) is 10.6 Å². The van der Waals surface area contributed by atoms with Crippen molar-refractivity contribution in [2.24, 2.45) is 5.92 Å². The Morgan fingerprint density at radius 1 is 0.935 bits per heavy atom. The van der Waals surface area contributed by atoms with Gasteiger partial charge in [-0.15, -0.1) is 0 Å². The first kappa shape index (κ1) is 23.7. The van der Waals surface area contributed by atoms with Crippen LogP contribution in [-0.4, -0.2) is 35.0 Å². The molecular formula is C24H28N2O5. The number of hydrogen-bond acceptors (Lipinski definition) is 4. The lowest BCUT2D eigenvalue weighted by Crippen LogP contribution is -2.47. The highest BCUT2D eigenvalue weighted by Gasteiger charge is 2.25. The van der Waals surface area contributed by atoms with Gasteiger partial charge in [0.15, 0.2) is 0 Å². The predicted octanol–water partition coefficient (Wildman–Crippen LogP) is 3.47. The number of amides is 2. The Balaban J connectivity index is 2.32. The van der Waals surface area contributed by atoms with Gasteiger partial charge < -0.3 is 20.5 Å². The zero-order valence-electron chi connectivity index (χ0n) is 18.1. The number of carboxylic acid groups (broad SMARTS) is 1. The second kappa shape index (κ2) is 11.0. The minimum Gasteiger partial charge on any atom is -0.491 e. The summed E-state index contributed by atoms with van der Waals surface area (Å²) in [5.74, 6) is -1.96. The first-order chi connectivity index (χ1) is 14.7. The fourth-order valence-electron chi connectivity index (χ4n) is 2.76. The number of carbonyl (C=O) groups is 3. The maximum absolute atomic E-state index is 12.9. The molecule has 0 fully saturated rings. The number of rotatable bonds is 9. The normalized spacial score (nSPS) is 12.4. The Labute approximate surface area is 182 Å². The van der Waals surface area contributed by atoms with Crippen LogP contribution in [0, 0.1) is 5.92 Å². The maximum Gasteiger partial charge on any atom is 0.326 e. The Hall–Kier alpha value is -3.61. The van der Waals surface area contributed by atoms with Gasteiger partial charge in [0.1, 0.15) is 17.5 Å². The summed E-state index contributed by atoms with van der Waals surface area (Å²) in [4.78, 5) is 37.0. The number of ether oxygens (including phenoxy) is 1. The van der Waals surface area contributed by atoms with Crippen molar-refractivity contribution in [2.75, 3.05) is 0 Å². The molecular weight excluding hydrogens is 396 g/mol. The molecule has 7 heteroatoms. The number of aliphatic carboxylic acids is 1. The van der Waals surface area contributed by atoms with Crippen LogP contribution in [0.1, 0.15) is 43.6 Å². The second-order valence-electron chi connectivity index (χ2n) is 7.65. The van der Waals surface area contributed by atoms with Crippen LogP contribution in [-0.2, 0) is 9.59 Å². The van der Waals surface area contributed by atoms with Crippen LogP contribution >= 0.6 is 0 Å². The third-order valence-corrected chi connectivity index (χ3v) is 4.31. The SMILES string of the molecule is CC(C)Oc1ccc(/C=C(\NC(=O)c2ccccc2)C(=O)N[C@@H](C(=O)O)C(C)C)cc1. The molecule has 0 heterocycles.